The molecule has 368 valence electrons. The minimum atomic E-state index is -6.48. The number of nitrogens with zero attached hydrogens (tertiary/aromatic N) is 3. The highest BCUT2D eigenvalue weighted by Crippen LogP contribution is 2.48. The van der Waals surface area contributed by atoms with Crippen molar-refractivity contribution in [3.05, 3.63) is 268 Å². The Kier molecular flexibility index (Phi) is 13.4. The molecular weight excluding hydrogens is 960 g/mol. The van der Waals surface area contributed by atoms with Gasteiger partial charge in [0.25, 0.3) is 11.5 Å². The van der Waals surface area contributed by atoms with Gasteiger partial charge in [-0.2, -0.15) is 26.6 Å². The number of rotatable bonds is 16. The van der Waals surface area contributed by atoms with Crippen molar-refractivity contribution in [1.29, 1.82) is 0 Å². The number of imidazole rings is 1. The number of aromatic amines is 1. The average Bonchev–Trinajstić information content (AvgIpc) is 4.00. The lowest BCUT2D eigenvalue weighted by atomic mass is 9.79. The Balaban J connectivity index is 1.20. The summed E-state index contributed by atoms with van der Waals surface area (Å²) >= 11 is 0. The van der Waals surface area contributed by atoms with Gasteiger partial charge in [-0.25, -0.2) is 4.98 Å². The van der Waals surface area contributed by atoms with Crippen LogP contribution in [0.4, 0.5) is 19.1 Å². The van der Waals surface area contributed by atoms with E-state index < -0.39 is 69.4 Å². The third-order valence-electron chi connectivity index (χ3n) is 12.6. The quantitative estimate of drug-likeness (QED) is 0.0541. The lowest BCUT2D eigenvalue weighted by molar-refractivity contribution is -0.131. The normalized spacial score (nSPS) is 17.4. The first-order chi connectivity index (χ1) is 35.4. The molecule has 2 N–H and O–H groups in total. The molecule has 0 radical (unpaired) electrons. The largest absolute Gasteiger partial charge is 0.523 e. The van der Waals surface area contributed by atoms with Crippen LogP contribution >= 0.6 is 0 Å². The van der Waals surface area contributed by atoms with E-state index in [0.29, 0.717) is 33.4 Å². The van der Waals surface area contributed by atoms with E-state index in [1.54, 1.807) is 109 Å². The van der Waals surface area contributed by atoms with Gasteiger partial charge in [0, 0.05) is 5.56 Å². The zero-order valence-corrected chi connectivity index (χ0v) is 39.3. The maximum atomic E-state index is 14.9. The molecule has 10 rings (SSSR count). The molecule has 0 saturated carbocycles. The van der Waals surface area contributed by atoms with Crippen molar-refractivity contribution < 1.29 is 44.8 Å². The highest BCUT2D eigenvalue weighted by atomic mass is 32.2. The van der Waals surface area contributed by atoms with E-state index >= 15 is 0 Å². The Morgan fingerprint density at radius 1 is 0.616 bits per heavy atom. The molecule has 73 heavy (non-hydrogen) atoms. The Bertz CT molecular complexity index is 3300. The molecule has 0 bridgehead atoms. The molecule has 2 aromatic heterocycles. The molecule has 17 heteroatoms. The Morgan fingerprint density at radius 2 is 1.03 bits per heavy atom. The fourth-order valence-corrected chi connectivity index (χ4v) is 9.96. The number of amides is 1. The monoisotopic (exact) mass is 1000 g/mol. The highest BCUT2D eigenvalue weighted by molar-refractivity contribution is 7.87. The summed E-state index contributed by atoms with van der Waals surface area (Å²) in [5, 5.41) is 2.55. The van der Waals surface area contributed by atoms with Crippen molar-refractivity contribution in [1.82, 2.24) is 19.5 Å². The van der Waals surface area contributed by atoms with Gasteiger partial charge in [-0.15, -0.1) is 0 Å². The van der Waals surface area contributed by atoms with Crippen LogP contribution in [0.15, 0.2) is 223 Å². The molecule has 4 atom stereocenters. The Morgan fingerprint density at radius 3 is 1.45 bits per heavy atom. The van der Waals surface area contributed by atoms with Crippen molar-refractivity contribution in [2.45, 2.75) is 41.3 Å². The molecule has 3 heterocycles. The fraction of sp³-hybridized carbons (Fsp3) is 0.143. The second-order valence-electron chi connectivity index (χ2n) is 17.0. The van der Waals surface area contributed by atoms with Gasteiger partial charge in [-0.1, -0.05) is 200 Å². The van der Waals surface area contributed by atoms with Crippen LogP contribution in [-0.4, -0.2) is 64.3 Å². The van der Waals surface area contributed by atoms with E-state index in [1.165, 1.54) is 12.1 Å². The molecule has 0 spiro atoms. The van der Waals surface area contributed by atoms with Crippen LogP contribution < -0.4 is 10.9 Å². The molecule has 0 aliphatic carbocycles. The summed E-state index contributed by atoms with van der Waals surface area (Å²) in [5.41, 5.74) is -6.75. The van der Waals surface area contributed by atoms with Crippen LogP contribution in [0.25, 0.3) is 11.2 Å². The van der Waals surface area contributed by atoms with Crippen LogP contribution in [0, 0.1) is 0 Å². The number of H-pyrrole nitrogens is 1. The van der Waals surface area contributed by atoms with Gasteiger partial charge in [0.05, 0.1) is 12.9 Å². The number of carbonyl (C=O) groups excluding carboxylic acids is 1. The zero-order chi connectivity index (χ0) is 50.6. The van der Waals surface area contributed by atoms with E-state index in [4.69, 9.17) is 18.4 Å². The summed E-state index contributed by atoms with van der Waals surface area (Å²) < 4.78 is 100.0. The smallest absolute Gasteiger partial charge is 0.358 e. The van der Waals surface area contributed by atoms with Crippen LogP contribution in [0.5, 0.6) is 0 Å². The first-order valence-corrected chi connectivity index (χ1v) is 24.4. The molecule has 0 unspecified atom stereocenters. The number of halogens is 3. The summed E-state index contributed by atoms with van der Waals surface area (Å²) in [7, 11) is -6.48. The zero-order valence-electron chi connectivity index (χ0n) is 38.5. The van der Waals surface area contributed by atoms with Gasteiger partial charge in [0.2, 0.25) is 5.95 Å². The number of fused-ring (bicyclic) bond motifs is 1. The van der Waals surface area contributed by atoms with Crippen molar-refractivity contribution in [3.8, 4) is 0 Å². The van der Waals surface area contributed by atoms with Crippen LogP contribution in [-0.2, 0) is 39.7 Å². The number of ether oxygens (including phenoxy) is 3. The molecule has 7 aromatic carbocycles. The molecular formula is C56H44F3N5O8S. The molecule has 9 aromatic rings. The third kappa shape index (κ3) is 9.35. The van der Waals surface area contributed by atoms with E-state index in [1.807, 2.05) is 91.0 Å². The number of benzene rings is 7. The van der Waals surface area contributed by atoms with Gasteiger partial charge in [-0.3, -0.25) is 28.6 Å². The second kappa shape index (κ2) is 20.2. The standard InChI is InChI=1S/C56H44F3N5O8S/c57-56(58,59)73(67,68)72-48-47(71-55(42-30-16-5-17-31-42,43-32-18-6-19-33-43)44-34-20-7-21-35-44)45(36-69-54(39-24-10-2-11-25-39,40-26-12-3-13-27-40)41-28-14-4-15-29-41)70-52(48)64-37-60-46-49(64)61-53(63-51(46)66)62-50(65)38-22-8-1-9-23-38/h1-35,37,45,47-48,52H,36H2,(H2,61,62,63,65,66)/t45-,47-,48-,52-/m1/s1. The number of alkyl halides is 3. The number of hydrogen-bond donors (Lipinski definition) is 2. The summed E-state index contributed by atoms with van der Waals surface area (Å²) in [5.74, 6) is -0.999. The van der Waals surface area contributed by atoms with Crippen molar-refractivity contribution in [2.24, 2.45) is 0 Å². The van der Waals surface area contributed by atoms with Gasteiger partial charge >= 0.3 is 15.6 Å². The van der Waals surface area contributed by atoms with Gasteiger partial charge in [0.1, 0.15) is 23.4 Å². The summed E-state index contributed by atoms with van der Waals surface area (Å²) in [6.45, 7) is -0.487. The van der Waals surface area contributed by atoms with Crippen molar-refractivity contribution in [2.75, 3.05) is 11.9 Å². The Hall–Kier alpha value is -8.06. The first-order valence-electron chi connectivity index (χ1n) is 23.0. The number of aromatic nitrogens is 4. The van der Waals surface area contributed by atoms with E-state index in [2.05, 4.69) is 20.3 Å². The average molecular weight is 1000 g/mol. The Labute approximate surface area is 417 Å². The summed E-state index contributed by atoms with van der Waals surface area (Å²) in [6, 6.07) is 62.8. The lowest BCUT2D eigenvalue weighted by Crippen LogP contribution is -2.48. The predicted molar refractivity (Wildman–Crippen MR) is 266 cm³/mol. The molecule has 1 saturated heterocycles. The van der Waals surface area contributed by atoms with Crippen LogP contribution in [0.2, 0.25) is 0 Å². The molecule has 1 aliphatic rings. The third-order valence-corrected chi connectivity index (χ3v) is 13.7. The summed E-state index contributed by atoms with van der Waals surface area (Å²) in [4.78, 5) is 38.3. The van der Waals surface area contributed by atoms with Gasteiger partial charge in [-0.05, 0) is 45.5 Å². The number of anilines is 1. The number of carbonyl (C=O) groups is 1. The first kappa shape index (κ1) is 48.6. The van der Waals surface area contributed by atoms with Crippen molar-refractivity contribution in [3.63, 3.8) is 0 Å². The van der Waals surface area contributed by atoms with Crippen LogP contribution in [0.3, 0.4) is 0 Å². The SMILES string of the molecule is O=C(Nc1nc2c(ncn2[C@@H]2O[C@H](COC(c3ccccc3)(c3ccccc3)c3ccccc3)[C@@H](OC(c3ccccc3)(c3ccccc3)c3ccccc3)[C@H]2OS(=O)(=O)C(F)(F)F)c(=O)[nH]1)c1ccccc1. The van der Waals surface area contributed by atoms with E-state index in [9.17, 15) is 31.2 Å². The maximum Gasteiger partial charge on any atom is 0.523 e. The maximum absolute atomic E-state index is 14.9. The second-order valence-corrected chi connectivity index (χ2v) is 18.6. The molecule has 1 aliphatic heterocycles. The summed E-state index contributed by atoms with van der Waals surface area (Å²) in [6.07, 6.45) is -6.35. The van der Waals surface area contributed by atoms with Gasteiger partial charge < -0.3 is 14.2 Å². The minimum absolute atomic E-state index is 0.225. The van der Waals surface area contributed by atoms with E-state index in [0.717, 1.165) is 10.9 Å². The predicted octanol–water partition coefficient (Wildman–Crippen LogP) is 9.89. The van der Waals surface area contributed by atoms with Gasteiger partial charge in [0.15, 0.2) is 23.5 Å². The van der Waals surface area contributed by atoms with Crippen molar-refractivity contribution >= 4 is 33.1 Å². The lowest BCUT2D eigenvalue weighted by Gasteiger charge is -2.41. The minimum Gasteiger partial charge on any atom is -0.358 e. The molecule has 1 amide bonds. The number of nitrogens with one attached hydrogen (secondary N) is 2. The highest BCUT2D eigenvalue weighted by Gasteiger charge is 2.58. The van der Waals surface area contributed by atoms with E-state index in [-0.39, 0.29) is 22.7 Å². The van der Waals surface area contributed by atoms with Crippen LogP contribution in [0.1, 0.15) is 50.0 Å². The topological polar surface area (TPSA) is 164 Å². The number of hydrogen-bond acceptors (Lipinski definition) is 10. The fourth-order valence-electron chi connectivity index (χ4n) is 9.36. The molecule has 1 fully saturated rings. The molecule has 13 nitrogen and oxygen atoms in total.